The molecule has 0 bridgehead atoms. The van der Waals surface area contributed by atoms with Gasteiger partial charge < -0.3 is 5.11 Å². The number of aryl methyl sites for hydroxylation is 1. The van der Waals surface area contributed by atoms with Crippen molar-refractivity contribution in [2.75, 3.05) is 0 Å². The first kappa shape index (κ1) is 12.1. The molecule has 0 spiro atoms. The van der Waals surface area contributed by atoms with Gasteiger partial charge in [-0.2, -0.15) is 0 Å². The molecule has 0 fully saturated rings. The molecule has 0 aliphatic heterocycles. The van der Waals surface area contributed by atoms with Crippen molar-refractivity contribution in [1.82, 2.24) is 9.78 Å². The third-order valence-electron chi connectivity index (χ3n) is 2.53. The molecule has 0 atom stereocenters. The van der Waals surface area contributed by atoms with E-state index < -0.39 is 0 Å². The molecule has 1 aromatic rings. The quantitative estimate of drug-likeness (QED) is 0.829. The maximum absolute atomic E-state index is 9.81. The van der Waals surface area contributed by atoms with Gasteiger partial charge in [0.1, 0.15) is 0 Å². The second-order valence-corrected chi connectivity index (χ2v) is 4.76. The van der Waals surface area contributed by atoms with Crippen LogP contribution in [0.15, 0.2) is 0 Å². The van der Waals surface area contributed by atoms with E-state index in [1.54, 1.807) is 0 Å². The Kier molecular flexibility index (Phi) is 3.77. The predicted octanol–water partition coefficient (Wildman–Crippen LogP) is 2.93. The number of hydrogen-bond donors (Lipinski definition) is 1. The highest BCUT2D eigenvalue weighted by Crippen LogP contribution is 2.29. The van der Waals surface area contributed by atoms with E-state index in [0.29, 0.717) is 11.8 Å². The van der Waals surface area contributed by atoms with E-state index in [2.05, 4.69) is 39.7 Å². The molecule has 0 radical (unpaired) electrons. The summed E-state index contributed by atoms with van der Waals surface area (Å²) in [5.74, 6) is 1.17. The Bertz CT molecular complexity index is 327. The summed E-state index contributed by atoms with van der Waals surface area (Å²) >= 11 is 0. The molecule has 86 valence electrons. The number of hydrogen-bond acceptors (Lipinski definition) is 2. The summed E-state index contributed by atoms with van der Waals surface area (Å²) in [7, 11) is 0. The fourth-order valence-electron chi connectivity index (χ4n) is 1.99. The highest BCUT2D eigenvalue weighted by molar-refractivity contribution is 5.32. The molecule has 3 heteroatoms. The van der Waals surface area contributed by atoms with E-state index in [0.717, 1.165) is 18.5 Å². The predicted molar refractivity (Wildman–Crippen MR) is 62.2 cm³/mol. The van der Waals surface area contributed by atoms with Gasteiger partial charge in [-0.25, -0.2) is 0 Å². The molecule has 1 aromatic heterocycles. The second kappa shape index (κ2) is 4.69. The lowest BCUT2D eigenvalue weighted by Gasteiger charge is -2.12. The van der Waals surface area contributed by atoms with Crippen molar-refractivity contribution in [2.45, 2.75) is 53.5 Å². The van der Waals surface area contributed by atoms with Gasteiger partial charge in [0.25, 0.3) is 0 Å². The first-order valence-corrected chi connectivity index (χ1v) is 5.75. The van der Waals surface area contributed by atoms with Crippen LogP contribution < -0.4 is 0 Å². The van der Waals surface area contributed by atoms with Crippen LogP contribution in [0.2, 0.25) is 0 Å². The van der Waals surface area contributed by atoms with Crippen LogP contribution in [0.4, 0.5) is 0 Å². The minimum atomic E-state index is 0.217. The molecule has 0 unspecified atom stereocenters. The Balaban J connectivity index is 3.16. The third kappa shape index (κ3) is 2.52. The van der Waals surface area contributed by atoms with E-state index in [9.17, 15) is 5.11 Å². The Hall–Kier alpha value is -0.990. The maximum Gasteiger partial charge on any atom is 0.233 e. The van der Waals surface area contributed by atoms with Gasteiger partial charge in [-0.15, -0.1) is 5.10 Å². The Morgan fingerprint density at radius 2 is 1.87 bits per heavy atom. The zero-order valence-electron chi connectivity index (χ0n) is 10.4. The van der Waals surface area contributed by atoms with Crippen LogP contribution in [0, 0.1) is 5.92 Å². The van der Waals surface area contributed by atoms with Gasteiger partial charge in [-0.3, -0.25) is 4.68 Å². The minimum absolute atomic E-state index is 0.217. The molecule has 0 aliphatic rings. The van der Waals surface area contributed by atoms with Crippen molar-refractivity contribution in [3.8, 4) is 5.88 Å². The SMILES string of the molecule is CCn1nc(O)c(CC(C)C)c1C(C)C. The molecule has 1 N–H and O–H groups in total. The van der Waals surface area contributed by atoms with Crippen molar-refractivity contribution in [3.63, 3.8) is 0 Å². The smallest absolute Gasteiger partial charge is 0.233 e. The van der Waals surface area contributed by atoms with Crippen molar-refractivity contribution < 1.29 is 5.11 Å². The summed E-state index contributed by atoms with van der Waals surface area (Å²) in [6, 6.07) is 0. The fraction of sp³-hybridized carbons (Fsp3) is 0.750. The molecule has 3 nitrogen and oxygen atoms in total. The summed E-state index contributed by atoms with van der Waals surface area (Å²) in [5.41, 5.74) is 2.21. The summed E-state index contributed by atoms with van der Waals surface area (Å²) < 4.78 is 1.91. The number of aromatic nitrogens is 2. The highest BCUT2D eigenvalue weighted by atomic mass is 16.3. The molecule has 0 amide bonds. The van der Waals surface area contributed by atoms with Crippen LogP contribution >= 0.6 is 0 Å². The standard InChI is InChI=1S/C12H22N2O/c1-6-14-11(9(4)5)10(7-8(2)3)12(15)13-14/h8-9H,6-7H2,1-5H3,(H,13,15). The third-order valence-corrected chi connectivity index (χ3v) is 2.53. The van der Waals surface area contributed by atoms with Gasteiger partial charge in [-0.1, -0.05) is 27.7 Å². The zero-order chi connectivity index (χ0) is 11.6. The maximum atomic E-state index is 9.81. The molecule has 15 heavy (non-hydrogen) atoms. The topological polar surface area (TPSA) is 38.0 Å². The van der Waals surface area contributed by atoms with Gasteiger partial charge in [-0.05, 0) is 25.2 Å². The normalized spacial score (nSPS) is 11.7. The van der Waals surface area contributed by atoms with E-state index in [4.69, 9.17) is 0 Å². The molecule has 1 rings (SSSR count). The Morgan fingerprint density at radius 3 is 2.27 bits per heavy atom. The number of nitrogens with zero attached hydrogens (tertiary/aromatic N) is 2. The number of aromatic hydroxyl groups is 1. The lowest BCUT2D eigenvalue weighted by molar-refractivity contribution is 0.431. The summed E-state index contributed by atoms with van der Waals surface area (Å²) in [4.78, 5) is 0. The van der Waals surface area contributed by atoms with Crippen molar-refractivity contribution in [1.29, 1.82) is 0 Å². The lowest BCUT2D eigenvalue weighted by Crippen LogP contribution is -2.07. The molecule has 0 aliphatic carbocycles. The molecule has 0 aromatic carbocycles. The lowest BCUT2D eigenvalue weighted by atomic mass is 9.98. The fourth-order valence-corrected chi connectivity index (χ4v) is 1.99. The number of rotatable bonds is 4. The van der Waals surface area contributed by atoms with Gasteiger partial charge >= 0.3 is 0 Å². The van der Waals surface area contributed by atoms with E-state index in [1.807, 2.05) is 4.68 Å². The average Bonchev–Trinajstić information content (AvgIpc) is 2.42. The largest absolute Gasteiger partial charge is 0.492 e. The molecule has 0 saturated heterocycles. The van der Waals surface area contributed by atoms with Crippen molar-refractivity contribution >= 4 is 0 Å². The van der Waals surface area contributed by atoms with E-state index >= 15 is 0 Å². The van der Waals surface area contributed by atoms with Crippen LogP contribution in [-0.4, -0.2) is 14.9 Å². The summed E-state index contributed by atoms with van der Waals surface area (Å²) in [6.07, 6.45) is 0.902. The second-order valence-electron chi connectivity index (χ2n) is 4.76. The average molecular weight is 210 g/mol. The van der Waals surface area contributed by atoms with E-state index in [1.165, 1.54) is 5.69 Å². The molecular weight excluding hydrogens is 188 g/mol. The van der Waals surface area contributed by atoms with Gasteiger partial charge in [0.05, 0.1) is 0 Å². The van der Waals surface area contributed by atoms with Crippen molar-refractivity contribution in [3.05, 3.63) is 11.3 Å². The minimum Gasteiger partial charge on any atom is -0.492 e. The van der Waals surface area contributed by atoms with Gasteiger partial charge in [0, 0.05) is 17.8 Å². The van der Waals surface area contributed by atoms with Crippen LogP contribution in [-0.2, 0) is 13.0 Å². The first-order chi connectivity index (χ1) is 6.97. The highest BCUT2D eigenvalue weighted by Gasteiger charge is 2.19. The summed E-state index contributed by atoms with van der Waals surface area (Å²) in [6.45, 7) is 11.5. The van der Waals surface area contributed by atoms with E-state index in [-0.39, 0.29) is 5.88 Å². The van der Waals surface area contributed by atoms with Crippen LogP contribution in [0.3, 0.4) is 0 Å². The Labute approximate surface area is 92.1 Å². The monoisotopic (exact) mass is 210 g/mol. The molecular formula is C12H22N2O. The molecule has 1 heterocycles. The van der Waals surface area contributed by atoms with Crippen LogP contribution in [0.5, 0.6) is 5.88 Å². The van der Waals surface area contributed by atoms with Gasteiger partial charge in [0.2, 0.25) is 5.88 Å². The summed E-state index contributed by atoms with van der Waals surface area (Å²) in [5, 5.41) is 14.0. The Morgan fingerprint density at radius 1 is 1.27 bits per heavy atom. The van der Waals surface area contributed by atoms with Crippen LogP contribution in [0.25, 0.3) is 0 Å². The molecule has 0 saturated carbocycles. The first-order valence-electron chi connectivity index (χ1n) is 5.75. The van der Waals surface area contributed by atoms with Crippen molar-refractivity contribution in [2.24, 2.45) is 5.92 Å². The zero-order valence-corrected chi connectivity index (χ0v) is 10.4. The van der Waals surface area contributed by atoms with Gasteiger partial charge in [0.15, 0.2) is 0 Å². The van der Waals surface area contributed by atoms with Crippen LogP contribution in [0.1, 0.15) is 51.8 Å².